The molecule has 0 amide bonds. The number of rotatable bonds is 3. The summed E-state index contributed by atoms with van der Waals surface area (Å²) in [5.41, 5.74) is -0.617. The highest BCUT2D eigenvalue weighted by molar-refractivity contribution is 6.43. The van der Waals surface area contributed by atoms with Crippen LogP contribution in [0.3, 0.4) is 0 Å². The smallest absolute Gasteiger partial charge is 0.348 e. The van der Waals surface area contributed by atoms with Crippen LogP contribution < -0.4 is 0 Å². The molecule has 1 aromatic rings. The van der Waals surface area contributed by atoms with Crippen molar-refractivity contribution < 1.29 is 18.3 Å². The van der Waals surface area contributed by atoms with Crippen molar-refractivity contribution in [3.63, 3.8) is 0 Å². The minimum absolute atomic E-state index is 0.107. The lowest BCUT2D eigenvalue weighted by molar-refractivity contribution is 0.0535. The zero-order chi connectivity index (χ0) is 12.3. The number of carbonyl (C=O) groups excluding carboxylic acids is 1. The van der Waals surface area contributed by atoms with Crippen molar-refractivity contribution in [3.8, 4) is 0 Å². The van der Waals surface area contributed by atoms with Crippen LogP contribution in [0.2, 0.25) is 0 Å². The minimum atomic E-state index is -3.54. The van der Waals surface area contributed by atoms with Crippen molar-refractivity contribution >= 4 is 40.8 Å². The molecule has 0 atom stereocenters. The molecule has 0 aliphatic rings. The number of halogens is 5. The number of esters is 1. The largest absolute Gasteiger partial charge is 0.428 e. The molecular formula is C9H5Cl3F2O2. The van der Waals surface area contributed by atoms with Gasteiger partial charge in [-0.05, 0) is 23.7 Å². The first kappa shape index (κ1) is 13.5. The summed E-state index contributed by atoms with van der Waals surface area (Å²) in [6, 6.07) is 4.53. The topological polar surface area (TPSA) is 26.3 Å². The highest BCUT2D eigenvalue weighted by Crippen LogP contribution is 2.32. The molecule has 0 bridgehead atoms. The Morgan fingerprint density at radius 2 is 2.00 bits per heavy atom. The molecule has 0 spiro atoms. The molecule has 0 aliphatic carbocycles. The highest BCUT2D eigenvalue weighted by Gasteiger charge is 2.28. The lowest BCUT2D eigenvalue weighted by Crippen LogP contribution is -2.10. The number of hydrogen-bond donors (Lipinski definition) is 0. The fourth-order valence-electron chi connectivity index (χ4n) is 0.971. The fraction of sp³-hybridized carbons (Fsp3) is 0.222. The van der Waals surface area contributed by atoms with Crippen LogP contribution in [0.5, 0.6) is 0 Å². The zero-order valence-corrected chi connectivity index (χ0v) is 9.86. The van der Waals surface area contributed by atoms with Crippen molar-refractivity contribution in [2.75, 3.05) is 0 Å². The van der Waals surface area contributed by atoms with Crippen molar-refractivity contribution in [1.29, 1.82) is 0 Å². The summed E-state index contributed by atoms with van der Waals surface area (Å²) < 4.78 is 29.9. The quantitative estimate of drug-likeness (QED) is 0.623. The third-order valence-electron chi connectivity index (χ3n) is 1.62. The van der Waals surface area contributed by atoms with Crippen molar-refractivity contribution in [1.82, 2.24) is 0 Å². The van der Waals surface area contributed by atoms with Crippen LogP contribution in [-0.4, -0.2) is 11.0 Å². The maximum Gasteiger partial charge on any atom is 0.348 e. The number of hydrogen-bond acceptors (Lipinski definition) is 2. The summed E-state index contributed by atoms with van der Waals surface area (Å²) in [5, 5.41) is -4.90. The standard InChI is InChI=1S/C9H5Cl3F2O2/c10-8(11)16-7(15)5-2-1-3-6(4-5)9(12,13)14/h1-4,8H. The first-order chi connectivity index (χ1) is 7.30. The molecule has 0 heterocycles. The Balaban J connectivity index is 2.95. The van der Waals surface area contributed by atoms with Crippen LogP contribution in [0.15, 0.2) is 24.3 Å². The lowest BCUT2D eigenvalue weighted by Gasteiger charge is -2.09. The molecule has 0 unspecified atom stereocenters. The van der Waals surface area contributed by atoms with Gasteiger partial charge in [-0.25, -0.2) is 4.79 Å². The monoisotopic (exact) mass is 288 g/mol. The van der Waals surface area contributed by atoms with Gasteiger partial charge in [0.1, 0.15) is 0 Å². The van der Waals surface area contributed by atoms with Crippen LogP contribution >= 0.6 is 34.8 Å². The van der Waals surface area contributed by atoms with Crippen LogP contribution in [0, 0.1) is 0 Å². The zero-order valence-electron chi connectivity index (χ0n) is 7.59. The number of carbonyl (C=O) groups is 1. The molecule has 2 nitrogen and oxygen atoms in total. The first-order valence-corrected chi connectivity index (χ1v) is 5.22. The van der Waals surface area contributed by atoms with Gasteiger partial charge < -0.3 is 4.74 Å². The Morgan fingerprint density at radius 3 is 2.50 bits per heavy atom. The molecule has 0 N–H and O–H groups in total. The van der Waals surface area contributed by atoms with E-state index in [1.165, 1.54) is 12.1 Å². The lowest BCUT2D eigenvalue weighted by atomic mass is 10.1. The number of ether oxygens (including phenoxy) is 1. The predicted octanol–water partition coefficient (Wildman–Crippen LogP) is 3.89. The summed E-state index contributed by atoms with van der Waals surface area (Å²) in [6.45, 7) is 0. The second kappa shape index (κ2) is 5.17. The molecule has 0 radical (unpaired) electrons. The Hall–Kier alpha value is -0.580. The summed E-state index contributed by atoms with van der Waals surface area (Å²) in [4.78, 5) is 11.3. The maximum absolute atomic E-state index is 12.7. The van der Waals surface area contributed by atoms with Gasteiger partial charge in [-0.2, -0.15) is 8.78 Å². The average Bonchev–Trinajstić information content (AvgIpc) is 2.15. The number of benzene rings is 1. The van der Waals surface area contributed by atoms with Crippen molar-refractivity contribution in [3.05, 3.63) is 35.4 Å². The molecule has 7 heteroatoms. The third-order valence-corrected chi connectivity index (χ3v) is 2.02. The fourth-order valence-corrected chi connectivity index (χ4v) is 1.25. The summed E-state index contributed by atoms with van der Waals surface area (Å²) in [5.74, 6) is -0.905. The molecule has 0 saturated heterocycles. The van der Waals surface area contributed by atoms with E-state index in [1.807, 2.05) is 0 Å². The van der Waals surface area contributed by atoms with Crippen LogP contribution in [0.1, 0.15) is 15.9 Å². The summed E-state index contributed by atoms with van der Waals surface area (Å²) >= 11 is 15.2. The van der Waals surface area contributed by atoms with E-state index in [9.17, 15) is 13.6 Å². The van der Waals surface area contributed by atoms with Crippen LogP contribution in [0.4, 0.5) is 8.78 Å². The van der Waals surface area contributed by atoms with Gasteiger partial charge >= 0.3 is 11.4 Å². The molecule has 0 fully saturated rings. The average molecular weight is 289 g/mol. The van der Waals surface area contributed by atoms with Gasteiger partial charge in [-0.3, -0.25) is 0 Å². The highest BCUT2D eigenvalue weighted by atomic mass is 35.5. The summed E-state index contributed by atoms with van der Waals surface area (Å²) in [6.07, 6.45) is 0. The molecule has 0 aliphatic heterocycles. The second-order valence-corrected chi connectivity index (χ2v) is 4.24. The van der Waals surface area contributed by atoms with E-state index < -0.39 is 21.9 Å². The summed E-state index contributed by atoms with van der Waals surface area (Å²) in [7, 11) is 0. The molecule has 88 valence electrons. The molecular weight excluding hydrogens is 284 g/mol. The second-order valence-electron chi connectivity index (χ2n) is 2.74. The van der Waals surface area contributed by atoms with E-state index >= 15 is 0 Å². The van der Waals surface area contributed by atoms with Crippen molar-refractivity contribution in [2.24, 2.45) is 0 Å². The Labute approximate surface area is 105 Å². The molecule has 1 aromatic carbocycles. The van der Waals surface area contributed by atoms with Crippen LogP contribution in [-0.2, 0) is 10.1 Å². The third kappa shape index (κ3) is 3.77. The van der Waals surface area contributed by atoms with E-state index in [1.54, 1.807) is 0 Å². The van der Waals surface area contributed by atoms with Crippen LogP contribution in [0.25, 0.3) is 0 Å². The van der Waals surface area contributed by atoms with Gasteiger partial charge in [0.2, 0.25) is 0 Å². The first-order valence-electron chi connectivity index (χ1n) is 3.97. The van der Waals surface area contributed by atoms with E-state index in [2.05, 4.69) is 4.74 Å². The van der Waals surface area contributed by atoms with Gasteiger partial charge in [-0.15, -0.1) is 0 Å². The Morgan fingerprint density at radius 1 is 1.38 bits per heavy atom. The van der Waals surface area contributed by atoms with E-state index in [-0.39, 0.29) is 5.56 Å². The Kier molecular flexibility index (Phi) is 4.35. The van der Waals surface area contributed by atoms with E-state index in [0.29, 0.717) is 0 Å². The maximum atomic E-state index is 12.7. The van der Waals surface area contributed by atoms with Gasteiger partial charge in [-0.1, -0.05) is 35.3 Å². The normalized spacial score (nSPS) is 11.6. The number of alkyl halides is 5. The SMILES string of the molecule is O=C(OC(Cl)Cl)c1cccc(C(F)(F)Cl)c1. The molecule has 0 saturated carbocycles. The van der Waals surface area contributed by atoms with E-state index in [0.717, 1.165) is 12.1 Å². The Bertz CT molecular complexity index is 391. The van der Waals surface area contributed by atoms with Gasteiger partial charge in [0.05, 0.1) is 5.56 Å². The molecule has 16 heavy (non-hydrogen) atoms. The van der Waals surface area contributed by atoms with Gasteiger partial charge in [0.25, 0.3) is 5.02 Å². The predicted molar refractivity (Wildman–Crippen MR) is 57.1 cm³/mol. The molecule has 0 aromatic heterocycles. The van der Waals surface area contributed by atoms with Gasteiger partial charge in [0, 0.05) is 5.56 Å². The van der Waals surface area contributed by atoms with E-state index in [4.69, 9.17) is 34.8 Å². The van der Waals surface area contributed by atoms with Crippen molar-refractivity contribution in [2.45, 2.75) is 10.4 Å². The minimum Gasteiger partial charge on any atom is -0.428 e. The van der Waals surface area contributed by atoms with Gasteiger partial charge in [0.15, 0.2) is 0 Å². The molecule has 1 rings (SSSR count).